The molecule has 5 nitrogen and oxygen atoms in total. The quantitative estimate of drug-likeness (QED) is 0.926. The average Bonchev–Trinajstić information content (AvgIpc) is 3.02. The van der Waals surface area contributed by atoms with Crippen LogP contribution in [0, 0.1) is 0 Å². The Labute approximate surface area is 127 Å². The zero-order valence-corrected chi connectivity index (χ0v) is 11.9. The van der Waals surface area contributed by atoms with Crippen molar-refractivity contribution < 1.29 is 19.0 Å². The average molecular weight is 297 g/mol. The van der Waals surface area contributed by atoms with Crippen molar-refractivity contribution in [1.82, 2.24) is 0 Å². The maximum atomic E-state index is 12.6. The summed E-state index contributed by atoms with van der Waals surface area (Å²) in [7, 11) is 0. The molecule has 1 amide bonds. The molecule has 2 aliphatic heterocycles. The Morgan fingerprint density at radius 2 is 1.86 bits per heavy atom. The molecule has 2 aromatic rings. The maximum absolute atomic E-state index is 12.6. The zero-order chi connectivity index (χ0) is 14.9. The van der Waals surface area contributed by atoms with Gasteiger partial charge >= 0.3 is 0 Å². The van der Waals surface area contributed by atoms with Crippen LogP contribution in [0.2, 0.25) is 0 Å². The van der Waals surface area contributed by atoms with E-state index in [0.29, 0.717) is 30.2 Å². The molecule has 0 saturated carbocycles. The monoisotopic (exact) mass is 297 g/mol. The largest absolute Gasteiger partial charge is 0.493 e. The van der Waals surface area contributed by atoms with Crippen molar-refractivity contribution in [3.63, 3.8) is 0 Å². The van der Waals surface area contributed by atoms with Gasteiger partial charge in [-0.2, -0.15) is 0 Å². The zero-order valence-electron chi connectivity index (χ0n) is 11.9. The van der Waals surface area contributed by atoms with Crippen molar-refractivity contribution in [2.45, 2.75) is 12.3 Å². The third-order valence-corrected chi connectivity index (χ3v) is 3.92. The molecule has 0 aromatic heterocycles. The van der Waals surface area contributed by atoms with Gasteiger partial charge in [-0.1, -0.05) is 18.2 Å². The Hall–Kier alpha value is -2.69. The first-order valence-electron chi connectivity index (χ1n) is 7.23. The fourth-order valence-electron chi connectivity index (χ4n) is 2.82. The predicted molar refractivity (Wildman–Crippen MR) is 80.5 cm³/mol. The van der Waals surface area contributed by atoms with E-state index in [-0.39, 0.29) is 18.6 Å². The molecule has 4 rings (SSSR count). The van der Waals surface area contributed by atoms with Crippen LogP contribution in [0.3, 0.4) is 0 Å². The number of fused-ring (bicyclic) bond motifs is 2. The molecule has 22 heavy (non-hydrogen) atoms. The minimum absolute atomic E-state index is 0.0328. The minimum Gasteiger partial charge on any atom is -0.493 e. The van der Waals surface area contributed by atoms with Crippen LogP contribution >= 0.6 is 0 Å². The van der Waals surface area contributed by atoms with Crippen LogP contribution in [-0.4, -0.2) is 19.3 Å². The van der Waals surface area contributed by atoms with Crippen LogP contribution in [0.1, 0.15) is 17.9 Å². The number of benzene rings is 2. The molecule has 0 bridgehead atoms. The molecular formula is C17H15NO4. The summed E-state index contributed by atoms with van der Waals surface area (Å²) in [5.74, 6) is 1.92. The van der Waals surface area contributed by atoms with Gasteiger partial charge in [0.05, 0.1) is 12.5 Å². The highest BCUT2D eigenvalue weighted by Crippen LogP contribution is 2.36. The topological polar surface area (TPSA) is 56.8 Å². The van der Waals surface area contributed by atoms with Crippen LogP contribution in [0.25, 0.3) is 0 Å². The number of rotatable bonds is 2. The highest BCUT2D eigenvalue weighted by Gasteiger charge is 2.27. The van der Waals surface area contributed by atoms with Gasteiger partial charge in [-0.05, 0) is 24.6 Å². The van der Waals surface area contributed by atoms with Crippen LogP contribution in [0.4, 0.5) is 5.69 Å². The number of nitrogens with one attached hydrogen (secondary N) is 1. The molecular weight excluding hydrogens is 282 g/mol. The fourth-order valence-corrected chi connectivity index (χ4v) is 2.82. The van der Waals surface area contributed by atoms with Crippen molar-refractivity contribution in [2.75, 3.05) is 18.7 Å². The summed E-state index contributed by atoms with van der Waals surface area (Å²) in [6, 6.07) is 13.1. The summed E-state index contributed by atoms with van der Waals surface area (Å²) in [6.45, 7) is 0.774. The van der Waals surface area contributed by atoms with Crippen LogP contribution in [-0.2, 0) is 4.79 Å². The Morgan fingerprint density at radius 3 is 2.82 bits per heavy atom. The molecule has 112 valence electrons. The van der Waals surface area contributed by atoms with E-state index in [1.54, 1.807) is 12.1 Å². The first-order chi connectivity index (χ1) is 10.8. The van der Waals surface area contributed by atoms with E-state index in [9.17, 15) is 4.79 Å². The third kappa shape index (κ3) is 2.24. The number of hydrogen-bond donors (Lipinski definition) is 1. The van der Waals surface area contributed by atoms with Crippen molar-refractivity contribution in [3.05, 3.63) is 48.0 Å². The number of para-hydroxylation sites is 1. The molecule has 2 aromatic carbocycles. The summed E-state index contributed by atoms with van der Waals surface area (Å²) < 4.78 is 16.2. The van der Waals surface area contributed by atoms with Gasteiger partial charge in [0.2, 0.25) is 12.7 Å². The molecule has 2 heterocycles. The second-order valence-electron chi connectivity index (χ2n) is 5.28. The lowest BCUT2D eigenvalue weighted by molar-refractivity contribution is -0.118. The van der Waals surface area contributed by atoms with E-state index in [0.717, 1.165) is 11.3 Å². The number of ether oxygens (including phenoxy) is 3. The van der Waals surface area contributed by atoms with E-state index in [1.165, 1.54) is 0 Å². The fraction of sp³-hybridized carbons (Fsp3) is 0.235. The van der Waals surface area contributed by atoms with Gasteiger partial charge in [0, 0.05) is 17.3 Å². The Kier molecular flexibility index (Phi) is 3.11. The van der Waals surface area contributed by atoms with Crippen molar-refractivity contribution in [3.8, 4) is 17.2 Å². The molecule has 0 aliphatic carbocycles. The third-order valence-electron chi connectivity index (χ3n) is 3.92. The van der Waals surface area contributed by atoms with E-state index >= 15 is 0 Å². The summed E-state index contributed by atoms with van der Waals surface area (Å²) in [5, 5.41) is 2.95. The smallest absolute Gasteiger partial charge is 0.232 e. The normalized spacial score (nSPS) is 18.3. The van der Waals surface area contributed by atoms with Crippen molar-refractivity contribution >= 4 is 11.6 Å². The van der Waals surface area contributed by atoms with Gasteiger partial charge in [-0.15, -0.1) is 0 Å². The van der Waals surface area contributed by atoms with Gasteiger partial charge in [-0.3, -0.25) is 4.79 Å². The van der Waals surface area contributed by atoms with Crippen molar-refractivity contribution in [2.24, 2.45) is 0 Å². The molecule has 2 aliphatic rings. The number of carbonyl (C=O) groups excluding carboxylic acids is 1. The molecule has 1 atom stereocenters. The van der Waals surface area contributed by atoms with E-state index in [4.69, 9.17) is 14.2 Å². The molecule has 1 N–H and O–H groups in total. The second-order valence-corrected chi connectivity index (χ2v) is 5.28. The van der Waals surface area contributed by atoms with Gasteiger partial charge in [-0.25, -0.2) is 0 Å². The highest BCUT2D eigenvalue weighted by molar-refractivity contribution is 5.96. The number of carbonyl (C=O) groups is 1. The lowest BCUT2D eigenvalue weighted by atomic mass is 9.92. The Bertz CT molecular complexity index is 728. The van der Waals surface area contributed by atoms with Gasteiger partial charge in [0.25, 0.3) is 0 Å². The Balaban J connectivity index is 1.56. The number of anilines is 1. The van der Waals surface area contributed by atoms with Crippen LogP contribution in [0.5, 0.6) is 17.2 Å². The van der Waals surface area contributed by atoms with Gasteiger partial charge in [0.1, 0.15) is 5.75 Å². The van der Waals surface area contributed by atoms with Gasteiger partial charge in [0.15, 0.2) is 11.5 Å². The minimum atomic E-state index is -0.199. The van der Waals surface area contributed by atoms with Crippen LogP contribution < -0.4 is 19.5 Å². The van der Waals surface area contributed by atoms with E-state index in [1.807, 2.05) is 30.3 Å². The maximum Gasteiger partial charge on any atom is 0.232 e. The second kappa shape index (κ2) is 5.26. The summed E-state index contributed by atoms with van der Waals surface area (Å²) in [4.78, 5) is 12.6. The predicted octanol–water partition coefficient (Wildman–Crippen LogP) is 2.92. The number of amides is 1. The summed E-state index contributed by atoms with van der Waals surface area (Å²) >= 11 is 0. The molecule has 1 unspecified atom stereocenters. The molecule has 0 fully saturated rings. The first-order valence-corrected chi connectivity index (χ1v) is 7.23. The first kappa shape index (κ1) is 13.0. The molecule has 0 saturated heterocycles. The standard InChI is InChI=1S/C17H15NO4/c19-17(13-7-8-20-14-4-2-1-3-12(13)14)18-11-5-6-15-16(9-11)22-10-21-15/h1-6,9,13H,7-8,10H2,(H,18,19). The molecule has 5 heteroatoms. The van der Waals surface area contributed by atoms with Crippen LogP contribution in [0.15, 0.2) is 42.5 Å². The Morgan fingerprint density at radius 1 is 1.00 bits per heavy atom. The summed E-state index contributed by atoms with van der Waals surface area (Å²) in [5.41, 5.74) is 1.64. The SMILES string of the molecule is O=C(Nc1ccc2c(c1)OCO2)C1CCOc2ccccc21. The van der Waals surface area contributed by atoms with Crippen molar-refractivity contribution in [1.29, 1.82) is 0 Å². The molecule has 0 radical (unpaired) electrons. The van der Waals surface area contributed by atoms with E-state index < -0.39 is 0 Å². The molecule has 0 spiro atoms. The lowest BCUT2D eigenvalue weighted by Gasteiger charge is -2.25. The van der Waals surface area contributed by atoms with Gasteiger partial charge < -0.3 is 19.5 Å². The lowest BCUT2D eigenvalue weighted by Crippen LogP contribution is -2.26. The summed E-state index contributed by atoms with van der Waals surface area (Å²) in [6.07, 6.45) is 0.674. The highest BCUT2D eigenvalue weighted by atomic mass is 16.7. The van der Waals surface area contributed by atoms with E-state index in [2.05, 4.69) is 5.32 Å². The number of hydrogen-bond acceptors (Lipinski definition) is 4.